The van der Waals surface area contributed by atoms with Gasteiger partial charge >= 0.3 is 5.97 Å². The molecule has 12 heteroatoms. The van der Waals surface area contributed by atoms with Gasteiger partial charge in [-0.1, -0.05) is 24.3 Å². The fraction of sp³-hybridized carbons (Fsp3) is 0.333. The molecule has 0 saturated heterocycles. The molecule has 0 fully saturated rings. The Hall–Kier alpha value is -3.87. The van der Waals surface area contributed by atoms with Crippen LogP contribution in [0.25, 0.3) is 10.8 Å². The van der Waals surface area contributed by atoms with Crippen molar-refractivity contribution in [3.63, 3.8) is 0 Å². The molecular weight excluding hydrogens is 524 g/mol. The number of fused-ring (bicyclic) bond motifs is 1. The first kappa shape index (κ1) is 29.7. The van der Waals surface area contributed by atoms with E-state index in [1.54, 1.807) is 45.3 Å². The highest BCUT2D eigenvalue weighted by molar-refractivity contribution is 7.89. The molecular formula is C27H32N4O7S. The summed E-state index contributed by atoms with van der Waals surface area (Å²) in [5, 5.41) is 14.0. The van der Waals surface area contributed by atoms with Crippen LogP contribution in [0.3, 0.4) is 0 Å². The molecule has 1 aromatic heterocycles. The van der Waals surface area contributed by atoms with Gasteiger partial charge in [-0.2, -0.15) is 0 Å². The van der Waals surface area contributed by atoms with Crippen molar-refractivity contribution in [1.82, 2.24) is 19.7 Å². The van der Waals surface area contributed by atoms with Crippen LogP contribution in [0.1, 0.15) is 36.2 Å². The van der Waals surface area contributed by atoms with Crippen LogP contribution in [0.15, 0.2) is 59.8 Å². The number of carboxylic acids is 1. The van der Waals surface area contributed by atoms with Crippen LogP contribution in [0.5, 0.6) is 5.75 Å². The molecule has 0 aliphatic carbocycles. The second-order valence-corrected chi connectivity index (χ2v) is 10.8. The Morgan fingerprint density at radius 1 is 1.15 bits per heavy atom. The number of carbonyl (C=O) groups is 3. The van der Waals surface area contributed by atoms with Crippen LogP contribution in [0, 0.1) is 0 Å². The molecule has 1 heterocycles. The molecule has 39 heavy (non-hydrogen) atoms. The molecule has 0 aliphatic rings. The number of rotatable bonds is 13. The van der Waals surface area contributed by atoms with Gasteiger partial charge in [0.15, 0.2) is 0 Å². The highest BCUT2D eigenvalue weighted by Gasteiger charge is 2.28. The second kappa shape index (κ2) is 12.8. The predicted molar refractivity (Wildman–Crippen MR) is 145 cm³/mol. The molecule has 0 aliphatic heterocycles. The maximum Gasteiger partial charge on any atom is 0.305 e. The maximum absolute atomic E-state index is 13.2. The van der Waals surface area contributed by atoms with Crippen molar-refractivity contribution in [2.24, 2.45) is 0 Å². The summed E-state index contributed by atoms with van der Waals surface area (Å²) in [5.74, 6) is -1.82. The molecule has 3 aromatic rings. The van der Waals surface area contributed by atoms with E-state index >= 15 is 0 Å². The lowest BCUT2D eigenvalue weighted by atomic mass is 10.0. The van der Waals surface area contributed by atoms with Crippen LogP contribution in [0.2, 0.25) is 0 Å². The third-order valence-corrected chi connectivity index (χ3v) is 7.48. The lowest BCUT2D eigenvalue weighted by Crippen LogP contribution is -2.41. The minimum Gasteiger partial charge on any atom is -0.489 e. The Labute approximate surface area is 227 Å². The summed E-state index contributed by atoms with van der Waals surface area (Å²) in [6, 6.07) is 10.1. The van der Waals surface area contributed by atoms with Crippen LogP contribution >= 0.6 is 0 Å². The van der Waals surface area contributed by atoms with Gasteiger partial charge in [0.05, 0.1) is 12.5 Å². The van der Waals surface area contributed by atoms with Crippen molar-refractivity contribution in [2.45, 2.75) is 43.7 Å². The number of nitrogens with one attached hydrogen (secondary N) is 1. The van der Waals surface area contributed by atoms with Crippen LogP contribution in [-0.4, -0.2) is 79.5 Å². The fourth-order valence-electron chi connectivity index (χ4n) is 4.19. The lowest BCUT2D eigenvalue weighted by molar-refractivity contribution is -0.138. The number of amides is 1. The summed E-state index contributed by atoms with van der Waals surface area (Å²) in [6.45, 7) is 3.95. The Morgan fingerprint density at radius 3 is 2.51 bits per heavy atom. The van der Waals surface area contributed by atoms with Gasteiger partial charge in [0.25, 0.3) is 5.91 Å². The van der Waals surface area contributed by atoms with E-state index < -0.39 is 34.6 Å². The van der Waals surface area contributed by atoms with Crippen LogP contribution in [0.4, 0.5) is 0 Å². The zero-order chi connectivity index (χ0) is 28.7. The van der Waals surface area contributed by atoms with Gasteiger partial charge in [0.2, 0.25) is 10.0 Å². The summed E-state index contributed by atoms with van der Waals surface area (Å²) >= 11 is 0. The number of nitrogens with zero attached hydrogens (tertiary/aromatic N) is 3. The highest BCUT2D eigenvalue weighted by Crippen LogP contribution is 2.29. The number of benzene rings is 2. The summed E-state index contributed by atoms with van der Waals surface area (Å²) in [6.07, 6.45) is 2.80. The average Bonchev–Trinajstić information content (AvgIpc) is 2.88. The van der Waals surface area contributed by atoms with E-state index in [9.17, 15) is 22.8 Å². The fourth-order valence-corrected chi connectivity index (χ4v) is 5.47. The molecule has 11 nitrogen and oxygen atoms in total. The van der Waals surface area contributed by atoms with E-state index in [0.717, 1.165) is 16.3 Å². The monoisotopic (exact) mass is 556 g/mol. The molecule has 208 valence electrons. The zero-order valence-corrected chi connectivity index (χ0v) is 23.0. The van der Waals surface area contributed by atoms with Gasteiger partial charge in [-0.3, -0.25) is 19.6 Å². The van der Waals surface area contributed by atoms with E-state index in [2.05, 4.69) is 9.71 Å². The van der Waals surface area contributed by atoms with E-state index in [0.29, 0.717) is 13.0 Å². The first-order valence-corrected chi connectivity index (χ1v) is 13.8. The summed E-state index contributed by atoms with van der Waals surface area (Å²) in [5.41, 5.74) is 1.08. The number of carboxylic acid groups (broad SMARTS) is 1. The summed E-state index contributed by atoms with van der Waals surface area (Å²) in [7, 11) is -0.979. The number of carbonyl (C=O) groups excluding carboxylic acids is 2. The lowest BCUT2D eigenvalue weighted by Gasteiger charge is -2.28. The maximum atomic E-state index is 13.2. The van der Waals surface area contributed by atoms with E-state index in [4.69, 9.17) is 9.84 Å². The smallest absolute Gasteiger partial charge is 0.305 e. The van der Waals surface area contributed by atoms with Crippen molar-refractivity contribution < 1.29 is 32.6 Å². The van der Waals surface area contributed by atoms with E-state index in [1.807, 2.05) is 24.3 Å². The van der Waals surface area contributed by atoms with Gasteiger partial charge in [-0.05, 0) is 43.0 Å². The van der Waals surface area contributed by atoms with Crippen LogP contribution in [-0.2, 0) is 26.0 Å². The first-order chi connectivity index (χ1) is 18.5. The molecule has 2 atom stereocenters. The topological polar surface area (TPSA) is 146 Å². The predicted octanol–water partition coefficient (Wildman–Crippen LogP) is 2.50. The van der Waals surface area contributed by atoms with Gasteiger partial charge in [-0.15, -0.1) is 0 Å². The molecule has 0 radical (unpaired) electrons. The third-order valence-electron chi connectivity index (χ3n) is 5.95. The first-order valence-electron chi connectivity index (χ1n) is 12.3. The van der Waals surface area contributed by atoms with Crippen molar-refractivity contribution >= 4 is 39.0 Å². The number of aldehydes is 1. The minimum atomic E-state index is -4.40. The quantitative estimate of drug-likeness (QED) is 0.239. The largest absolute Gasteiger partial charge is 0.489 e. The second-order valence-electron chi connectivity index (χ2n) is 9.14. The molecule has 1 amide bonds. The van der Waals surface area contributed by atoms with Crippen molar-refractivity contribution in [1.29, 1.82) is 0 Å². The van der Waals surface area contributed by atoms with Gasteiger partial charge in [0, 0.05) is 50.4 Å². The SMILES string of the molecule is CCN(C(=O)c1ccc(S(=O)(=O)NC(C=O)CC(=O)O)c(O[C@H](C)Cc2cncc3ccccc23)c1)N(C)C. The van der Waals surface area contributed by atoms with Gasteiger partial charge in [0.1, 0.15) is 23.0 Å². The number of ether oxygens (including phenoxy) is 1. The van der Waals surface area contributed by atoms with Gasteiger partial charge in [-0.25, -0.2) is 18.1 Å². The number of hydrogen-bond donors (Lipinski definition) is 2. The molecule has 1 unspecified atom stereocenters. The normalized spacial score (nSPS) is 13.2. The number of sulfonamides is 1. The van der Waals surface area contributed by atoms with E-state index in [1.165, 1.54) is 23.2 Å². The van der Waals surface area contributed by atoms with Crippen molar-refractivity contribution in [3.05, 3.63) is 66.0 Å². The Bertz CT molecular complexity index is 1450. The average molecular weight is 557 g/mol. The number of pyridine rings is 1. The van der Waals surface area contributed by atoms with Gasteiger partial charge < -0.3 is 14.6 Å². The molecule has 0 spiro atoms. The molecule has 2 aromatic carbocycles. The van der Waals surface area contributed by atoms with Crippen LogP contribution < -0.4 is 9.46 Å². The number of hydrogen-bond acceptors (Lipinski definition) is 8. The van der Waals surface area contributed by atoms with Crippen molar-refractivity contribution in [3.8, 4) is 5.75 Å². The summed E-state index contributed by atoms with van der Waals surface area (Å²) < 4.78 is 34.7. The summed E-state index contributed by atoms with van der Waals surface area (Å²) in [4.78, 5) is 39.5. The molecule has 0 bridgehead atoms. The molecule has 3 rings (SSSR count). The zero-order valence-electron chi connectivity index (χ0n) is 22.2. The third kappa shape index (κ3) is 7.37. The number of aliphatic carboxylic acids is 1. The number of aromatic nitrogens is 1. The standard InChI is InChI=1S/C27H32N4O7S/c1-5-31(30(3)4)27(35)19-10-11-25(39(36,37)29-22(17-32)14-26(33)34)24(13-19)38-18(2)12-21-16-28-15-20-8-6-7-9-23(20)21/h6-11,13,15-18,22,29H,5,12,14H2,1-4H3,(H,33,34)/t18-,22?/m1/s1. The van der Waals surface area contributed by atoms with Crippen molar-refractivity contribution in [2.75, 3.05) is 20.6 Å². The molecule has 2 N–H and O–H groups in total. The molecule has 0 saturated carbocycles. The highest BCUT2D eigenvalue weighted by atomic mass is 32.2. The Morgan fingerprint density at radius 2 is 1.87 bits per heavy atom. The minimum absolute atomic E-state index is 0.108. The van der Waals surface area contributed by atoms with E-state index in [-0.39, 0.29) is 28.4 Å². The Balaban J connectivity index is 2.00. The Kier molecular flexibility index (Phi) is 9.73. The number of hydrazine groups is 1.